The zero-order valence-corrected chi connectivity index (χ0v) is 13.9. The number of benzene rings is 1. The largest absolute Gasteiger partial charge is 0.342 e. The van der Waals surface area contributed by atoms with Crippen molar-refractivity contribution in [1.82, 2.24) is 14.3 Å². The summed E-state index contributed by atoms with van der Waals surface area (Å²) in [5.74, 6) is 0.650. The molecule has 4 nitrogen and oxygen atoms in total. The SMILES string of the molecule is Cc1ccccc1[C@H]1CCN(C(=O)Cc2cn3ccsc3n2)C1. The molecule has 1 atom stereocenters. The molecule has 0 aliphatic carbocycles. The molecule has 0 spiro atoms. The lowest BCUT2D eigenvalue weighted by Crippen LogP contribution is -2.30. The van der Waals surface area contributed by atoms with E-state index < -0.39 is 0 Å². The van der Waals surface area contributed by atoms with Crippen LogP contribution < -0.4 is 0 Å². The van der Waals surface area contributed by atoms with Gasteiger partial charge in [0.2, 0.25) is 5.91 Å². The van der Waals surface area contributed by atoms with Gasteiger partial charge in [0.05, 0.1) is 12.1 Å². The molecule has 4 rings (SSSR count). The number of carbonyl (C=O) groups is 1. The Balaban J connectivity index is 1.44. The second-order valence-electron chi connectivity index (χ2n) is 6.18. The van der Waals surface area contributed by atoms with E-state index in [4.69, 9.17) is 0 Å². The molecule has 118 valence electrons. The van der Waals surface area contributed by atoms with Gasteiger partial charge in [-0.15, -0.1) is 11.3 Å². The quantitative estimate of drug-likeness (QED) is 0.741. The van der Waals surface area contributed by atoms with Crippen molar-refractivity contribution in [3.05, 3.63) is 58.9 Å². The number of hydrogen-bond donors (Lipinski definition) is 0. The lowest BCUT2D eigenvalue weighted by atomic mass is 9.94. The number of fused-ring (bicyclic) bond motifs is 1. The fraction of sp³-hybridized carbons (Fsp3) is 0.333. The van der Waals surface area contributed by atoms with Crippen molar-refractivity contribution >= 4 is 22.2 Å². The highest BCUT2D eigenvalue weighted by Gasteiger charge is 2.28. The van der Waals surface area contributed by atoms with E-state index in [-0.39, 0.29) is 5.91 Å². The Morgan fingerprint density at radius 1 is 1.39 bits per heavy atom. The number of aromatic nitrogens is 2. The van der Waals surface area contributed by atoms with E-state index in [1.807, 2.05) is 27.1 Å². The minimum Gasteiger partial charge on any atom is -0.342 e. The molecule has 1 aliphatic rings. The molecule has 0 bridgehead atoms. The Morgan fingerprint density at radius 3 is 3.09 bits per heavy atom. The Morgan fingerprint density at radius 2 is 2.26 bits per heavy atom. The predicted octanol–water partition coefficient (Wildman–Crippen LogP) is 3.26. The van der Waals surface area contributed by atoms with Crippen LogP contribution in [-0.4, -0.2) is 33.3 Å². The number of imidazole rings is 1. The van der Waals surface area contributed by atoms with Crippen LogP contribution in [0.15, 0.2) is 42.0 Å². The second kappa shape index (κ2) is 5.81. The molecule has 3 heterocycles. The molecule has 1 amide bonds. The van der Waals surface area contributed by atoms with Crippen molar-refractivity contribution in [1.29, 1.82) is 0 Å². The first kappa shape index (κ1) is 14.5. The van der Waals surface area contributed by atoms with E-state index in [2.05, 4.69) is 36.2 Å². The van der Waals surface area contributed by atoms with Crippen LogP contribution in [0, 0.1) is 6.92 Å². The minimum atomic E-state index is 0.187. The van der Waals surface area contributed by atoms with Crippen molar-refractivity contribution in [2.75, 3.05) is 13.1 Å². The molecule has 0 radical (unpaired) electrons. The summed E-state index contributed by atoms with van der Waals surface area (Å²) in [5.41, 5.74) is 3.56. The molecular weight excluding hydrogens is 306 g/mol. The summed E-state index contributed by atoms with van der Waals surface area (Å²) in [4.78, 5) is 20.0. The minimum absolute atomic E-state index is 0.187. The van der Waals surface area contributed by atoms with E-state index in [1.54, 1.807) is 11.3 Å². The van der Waals surface area contributed by atoms with E-state index in [0.29, 0.717) is 12.3 Å². The molecule has 0 N–H and O–H groups in total. The topological polar surface area (TPSA) is 37.6 Å². The molecule has 1 aliphatic heterocycles. The van der Waals surface area contributed by atoms with Crippen molar-refractivity contribution < 1.29 is 4.79 Å². The molecule has 5 heteroatoms. The van der Waals surface area contributed by atoms with Gasteiger partial charge >= 0.3 is 0 Å². The van der Waals surface area contributed by atoms with E-state index in [1.165, 1.54) is 11.1 Å². The fourth-order valence-corrected chi connectivity index (χ4v) is 4.13. The van der Waals surface area contributed by atoms with Gasteiger partial charge in [-0.2, -0.15) is 0 Å². The summed E-state index contributed by atoms with van der Waals surface area (Å²) < 4.78 is 1.98. The van der Waals surface area contributed by atoms with Crippen LogP contribution in [0.2, 0.25) is 0 Å². The third-order valence-electron chi connectivity index (χ3n) is 4.64. The van der Waals surface area contributed by atoms with Crippen LogP contribution in [0.3, 0.4) is 0 Å². The summed E-state index contributed by atoms with van der Waals surface area (Å²) in [6.07, 6.45) is 5.38. The lowest BCUT2D eigenvalue weighted by Gasteiger charge is -2.17. The molecular formula is C18H19N3OS. The molecule has 0 saturated carbocycles. The normalized spacial score (nSPS) is 18.0. The Labute approximate surface area is 139 Å². The number of thiazole rings is 1. The van der Waals surface area contributed by atoms with Gasteiger partial charge in [-0.25, -0.2) is 4.98 Å². The van der Waals surface area contributed by atoms with E-state index in [9.17, 15) is 4.79 Å². The molecule has 1 aromatic carbocycles. The predicted molar refractivity (Wildman–Crippen MR) is 91.9 cm³/mol. The summed E-state index contributed by atoms with van der Waals surface area (Å²) in [5, 5.41) is 2.00. The Hall–Kier alpha value is -2.14. The van der Waals surface area contributed by atoms with Crippen molar-refractivity contribution in [3.63, 3.8) is 0 Å². The maximum atomic E-state index is 12.6. The van der Waals surface area contributed by atoms with E-state index in [0.717, 1.165) is 30.2 Å². The number of hydrogen-bond acceptors (Lipinski definition) is 3. The summed E-state index contributed by atoms with van der Waals surface area (Å²) >= 11 is 1.59. The van der Waals surface area contributed by atoms with Crippen LogP contribution in [0.1, 0.15) is 29.2 Å². The Bertz CT molecular complexity index is 822. The molecule has 23 heavy (non-hydrogen) atoms. The number of amides is 1. The lowest BCUT2D eigenvalue weighted by molar-refractivity contribution is -0.129. The van der Waals surface area contributed by atoms with Gasteiger partial charge in [0.15, 0.2) is 4.96 Å². The number of carbonyl (C=O) groups excluding carboxylic acids is 1. The van der Waals surface area contributed by atoms with Crippen LogP contribution in [-0.2, 0) is 11.2 Å². The average Bonchev–Trinajstić information content (AvgIpc) is 3.22. The van der Waals surface area contributed by atoms with Crippen LogP contribution in [0.5, 0.6) is 0 Å². The van der Waals surface area contributed by atoms with Gasteiger partial charge in [0.1, 0.15) is 0 Å². The summed E-state index contributed by atoms with van der Waals surface area (Å²) in [6, 6.07) is 8.50. The first-order valence-electron chi connectivity index (χ1n) is 7.95. The molecule has 1 fully saturated rings. The van der Waals surface area contributed by atoms with Crippen LogP contribution >= 0.6 is 11.3 Å². The van der Waals surface area contributed by atoms with E-state index >= 15 is 0 Å². The number of likely N-dealkylation sites (tertiary alicyclic amines) is 1. The van der Waals surface area contributed by atoms with Gasteiger partial charge in [-0.3, -0.25) is 9.20 Å². The third-order valence-corrected chi connectivity index (χ3v) is 5.42. The third kappa shape index (κ3) is 2.77. The van der Waals surface area contributed by atoms with Gasteiger partial charge in [0.25, 0.3) is 0 Å². The van der Waals surface area contributed by atoms with Crippen molar-refractivity contribution in [2.45, 2.75) is 25.7 Å². The maximum absolute atomic E-state index is 12.6. The van der Waals surface area contributed by atoms with Crippen molar-refractivity contribution in [3.8, 4) is 0 Å². The smallest absolute Gasteiger partial charge is 0.228 e. The van der Waals surface area contributed by atoms with Gasteiger partial charge in [0, 0.05) is 36.8 Å². The summed E-state index contributed by atoms with van der Waals surface area (Å²) in [7, 11) is 0. The standard InChI is InChI=1S/C18H19N3OS/c1-13-4-2-3-5-16(13)14-6-7-20(11-14)17(22)10-15-12-21-8-9-23-18(21)19-15/h2-5,8-9,12,14H,6-7,10-11H2,1H3/t14-/m0/s1. The highest BCUT2D eigenvalue weighted by molar-refractivity contribution is 7.15. The summed E-state index contributed by atoms with van der Waals surface area (Å²) in [6.45, 7) is 3.82. The zero-order chi connectivity index (χ0) is 15.8. The second-order valence-corrected chi connectivity index (χ2v) is 7.06. The molecule has 3 aromatic rings. The number of aryl methyl sites for hydroxylation is 1. The van der Waals surface area contributed by atoms with Crippen molar-refractivity contribution in [2.24, 2.45) is 0 Å². The first-order valence-corrected chi connectivity index (χ1v) is 8.83. The van der Waals surface area contributed by atoms with Gasteiger partial charge in [-0.1, -0.05) is 24.3 Å². The monoisotopic (exact) mass is 325 g/mol. The van der Waals surface area contributed by atoms with Gasteiger partial charge < -0.3 is 4.90 Å². The molecule has 0 unspecified atom stereocenters. The van der Waals surface area contributed by atoms with Crippen LogP contribution in [0.4, 0.5) is 0 Å². The highest BCUT2D eigenvalue weighted by Crippen LogP contribution is 2.29. The molecule has 1 saturated heterocycles. The molecule has 2 aromatic heterocycles. The maximum Gasteiger partial charge on any atom is 0.228 e. The zero-order valence-electron chi connectivity index (χ0n) is 13.1. The van der Waals surface area contributed by atoms with Crippen LogP contribution in [0.25, 0.3) is 4.96 Å². The number of rotatable bonds is 3. The number of nitrogens with zero attached hydrogens (tertiary/aromatic N) is 3. The Kier molecular flexibility index (Phi) is 3.65. The fourth-order valence-electron chi connectivity index (χ4n) is 3.41. The average molecular weight is 325 g/mol. The van der Waals surface area contributed by atoms with Gasteiger partial charge in [-0.05, 0) is 24.5 Å². The highest BCUT2D eigenvalue weighted by atomic mass is 32.1. The first-order chi connectivity index (χ1) is 11.2.